The molecule has 0 N–H and O–H groups in total. The van der Waals surface area contributed by atoms with Gasteiger partial charge in [0, 0.05) is 45.1 Å². The van der Waals surface area contributed by atoms with Gasteiger partial charge in [0.25, 0.3) is 0 Å². The Bertz CT molecular complexity index is 656. The minimum absolute atomic E-state index is 0.493. The lowest BCUT2D eigenvalue weighted by Gasteiger charge is -2.36. The van der Waals surface area contributed by atoms with Crippen LogP contribution in [0.3, 0.4) is 0 Å². The van der Waals surface area contributed by atoms with E-state index in [1.54, 1.807) is 19.5 Å². The topological polar surface area (TPSA) is 41.5 Å². The molecule has 128 valence electrons. The highest BCUT2D eigenvalue weighted by atomic mass is 79.9. The number of anilines is 1. The third-order valence-electron chi connectivity index (χ3n) is 4.57. The fraction of sp³-hybridized carbons (Fsp3) is 0.444. The Hall–Kier alpha value is -1.66. The molecule has 5 nitrogen and oxygen atoms in total. The van der Waals surface area contributed by atoms with Crippen molar-refractivity contribution in [1.29, 1.82) is 0 Å². The standard InChI is InChI=1S/C18H23BrN4O/c1-22(18-20-11-15(19)12-21-18)16-6-8-23(9-7-16)13-14-4-3-5-17(10-14)24-2/h3-5,10-12,16H,6-9,13H2,1-2H3. The first-order valence-corrected chi connectivity index (χ1v) is 9.00. The fourth-order valence-corrected chi connectivity index (χ4v) is 3.35. The van der Waals surface area contributed by atoms with Gasteiger partial charge in [-0.25, -0.2) is 9.97 Å². The number of rotatable bonds is 5. The van der Waals surface area contributed by atoms with E-state index in [-0.39, 0.29) is 0 Å². The lowest BCUT2D eigenvalue weighted by atomic mass is 10.0. The van der Waals surface area contributed by atoms with Gasteiger partial charge in [0.1, 0.15) is 5.75 Å². The fourth-order valence-electron chi connectivity index (χ4n) is 3.14. The quantitative estimate of drug-likeness (QED) is 0.782. The molecule has 1 aliphatic heterocycles. The maximum absolute atomic E-state index is 5.31. The second kappa shape index (κ2) is 7.94. The Balaban J connectivity index is 1.54. The van der Waals surface area contributed by atoms with Crippen LogP contribution in [0.15, 0.2) is 41.1 Å². The molecule has 0 saturated carbocycles. The van der Waals surface area contributed by atoms with Crippen molar-refractivity contribution in [1.82, 2.24) is 14.9 Å². The molecule has 1 aromatic carbocycles. The van der Waals surface area contributed by atoms with E-state index in [4.69, 9.17) is 4.74 Å². The maximum Gasteiger partial charge on any atom is 0.225 e. The summed E-state index contributed by atoms with van der Waals surface area (Å²) in [7, 11) is 3.80. The Morgan fingerprint density at radius 2 is 1.96 bits per heavy atom. The molecule has 0 spiro atoms. The van der Waals surface area contributed by atoms with Crippen LogP contribution in [0.5, 0.6) is 5.75 Å². The number of aromatic nitrogens is 2. The van der Waals surface area contributed by atoms with Crippen molar-refractivity contribution in [3.8, 4) is 5.75 Å². The zero-order valence-corrected chi connectivity index (χ0v) is 15.7. The van der Waals surface area contributed by atoms with Gasteiger partial charge >= 0.3 is 0 Å². The van der Waals surface area contributed by atoms with Crippen LogP contribution >= 0.6 is 15.9 Å². The summed E-state index contributed by atoms with van der Waals surface area (Å²) in [5, 5.41) is 0. The summed E-state index contributed by atoms with van der Waals surface area (Å²) < 4.78 is 6.22. The second-order valence-corrected chi connectivity index (χ2v) is 7.09. The summed E-state index contributed by atoms with van der Waals surface area (Å²) in [4.78, 5) is 13.5. The molecule has 3 rings (SSSR count). The van der Waals surface area contributed by atoms with Crippen molar-refractivity contribution in [2.45, 2.75) is 25.4 Å². The molecule has 2 aromatic rings. The molecule has 0 amide bonds. The van der Waals surface area contributed by atoms with Gasteiger partial charge in [-0.2, -0.15) is 0 Å². The molecule has 6 heteroatoms. The molecule has 0 radical (unpaired) electrons. The predicted octanol–water partition coefficient (Wildman–Crippen LogP) is 3.35. The summed E-state index contributed by atoms with van der Waals surface area (Å²) in [6.07, 6.45) is 5.85. The van der Waals surface area contributed by atoms with Gasteiger partial charge < -0.3 is 9.64 Å². The SMILES string of the molecule is COc1cccc(CN2CCC(N(C)c3ncc(Br)cn3)CC2)c1. The normalized spacial score (nSPS) is 16.1. The summed E-state index contributed by atoms with van der Waals surface area (Å²) in [6, 6.07) is 8.82. The first-order valence-electron chi connectivity index (χ1n) is 8.21. The summed E-state index contributed by atoms with van der Waals surface area (Å²) >= 11 is 3.38. The van der Waals surface area contributed by atoms with E-state index in [0.717, 1.165) is 48.6 Å². The molecule has 0 unspecified atom stereocenters. The maximum atomic E-state index is 5.31. The first kappa shape index (κ1) is 17.2. The molecule has 1 saturated heterocycles. The van der Waals surface area contributed by atoms with E-state index in [2.05, 4.69) is 60.9 Å². The highest BCUT2D eigenvalue weighted by molar-refractivity contribution is 9.10. The molecular formula is C18H23BrN4O. The van der Waals surface area contributed by atoms with Gasteiger partial charge in [-0.1, -0.05) is 12.1 Å². The van der Waals surface area contributed by atoms with E-state index in [0.29, 0.717) is 6.04 Å². The summed E-state index contributed by atoms with van der Waals surface area (Å²) in [6.45, 7) is 3.15. The van der Waals surface area contributed by atoms with Gasteiger partial charge in [-0.05, 0) is 46.5 Å². The van der Waals surface area contributed by atoms with Crippen LogP contribution in [-0.4, -0.2) is 48.2 Å². The number of likely N-dealkylation sites (tertiary alicyclic amines) is 1. The first-order chi connectivity index (χ1) is 11.7. The van der Waals surface area contributed by atoms with Crippen molar-refractivity contribution >= 4 is 21.9 Å². The zero-order valence-electron chi connectivity index (χ0n) is 14.2. The highest BCUT2D eigenvalue weighted by Crippen LogP contribution is 2.22. The number of nitrogens with zero attached hydrogens (tertiary/aromatic N) is 4. The van der Waals surface area contributed by atoms with E-state index >= 15 is 0 Å². The van der Waals surface area contributed by atoms with Gasteiger partial charge in [0.15, 0.2) is 0 Å². The molecule has 1 aromatic heterocycles. The van der Waals surface area contributed by atoms with Crippen molar-refractivity contribution < 1.29 is 4.74 Å². The minimum atomic E-state index is 0.493. The van der Waals surface area contributed by atoms with Crippen molar-refractivity contribution in [2.24, 2.45) is 0 Å². The average molecular weight is 391 g/mol. The summed E-state index contributed by atoms with van der Waals surface area (Å²) in [5.41, 5.74) is 1.30. The smallest absolute Gasteiger partial charge is 0.225 e. The van der Waals surface area contributed by atoms with Gasteiger partial charge in [0.05, 0.1) is 11.6 Å². The Labute approximate surface area is 151 Å². The molecule has 0 aliphatic carbocycles. The minimum Gasteiger partial charge on any atom is -0.497 e. The zero-order chi connectivity index (χ0) is 16.9. The van der Waals surface area contributed by atoms with Crippen LogP contribution in [0.1, 0.15) is 18.4 Å². The molecule has 1 aliphatic rings. The van der Waals surface area contributed by atoms with Gasteiger partial charge in [-0.15, -0.1) is 0 Å². The second-order valence-electron chi connectivity index (χ2n) is 6.17. The lowest BCUT2D eigenvalue weighted by Crippen LogP contribution is -2.43. The lowest BCUT2D eigenvalue weighted by molar-refractivity contribution is 0.202. The average Bonchev–Trinajstić information content (AvgIpc) is 2.62. The largest absolute Gasteiger partial charge is 0.497 e. The Kier molecular flexibility index (Phi) is 5.68. The van der Waals surface area contributed by atoms with E-state index in [9.17, 15) is 0 Å². The number of hydrogen-bond acceptors (Lipinski definition) is 5. The highest BCUT2D eigenvalue weighted by Gasteiger charge is 2.24. The third-order valence-corrected chi connectivity index (χ3v) is 4.98. The number of methoxy groups -OCH3 is 1. The molecule has 1 fully saturated rings. The number of ether oxygens (including phenoxy) is 1. The van der Waals surface area contributed by atoms with E-state index < -0.39 is 0 Å². The van der Waals surface area contributed by atoms with Crippen LogP contribution in [0.2, 0.25) is 0 Å². The predicted molar refractivity (Wildman–Crippen MR) is 99.4 cm³/mol. The molecule has 24 heavy (non-hydrogen) atoms. The van der Waals surface area contributed by atoms with Crippen molar-refractivity contribution in [3.63, 3.8) is 0 Å². The Morgan fingerprint density at radius 3 is 2.62 bits per heavy atom. The molecule has 0 bridgehead atoms. The van der Waals surface area contributed by atoms with Crippen LogP contribution < -0.4 is 9.64 Å². The number of hydrogen-bond donors (Lipinski definition) is 0. The number of benzene rings is 1. The van der Waals surface area contributed by atoms with Crippen LogP contribution in [0.25, 0.3) is 0 Å². The van der Waals surface area contributed by atoms with Gasteiger partial charge in [-0.3, -0.25) is 4.90 Å². The molecular weight excluding hydrogens is 368 g/mol. The number of halogens is 1. The van der Waals surface area contributed by atoms with Crippen molar-refractivity contribution in [2.75, 3.05) is 32.1 Å². The monoisotopic (exact) mass is 390 g/mol. The van der Waals surface area contributed by atoms with Crippen LogP contribution in [0.4, 0.5) is 5.95 Å². The van der Waals surface area contributed by atoms with Gasteiger partial charge in [0.2, 0.25) is 5.95 Å². The van der Waals surface area contributed by atoms with Crippen LogP contribution in [-0.2, 0) is 6.54 Å². The third kappa shape index (κ3) is 4.24. The molecule has 0 atom stereocenters. The van der Waals surface area contributed by atoms with E-state index in [1.807, 2.05) is 6.07 Å². The number of piperidine rings is 1. The van der Waals surface area contributed by atoms with Crippen LogP contribution in [0, 0.1) is 0 Å². The van der Waals surface area contributed by atoms with Crippen molar-refractivity contribution in [3.05, 3.63) is 46.7 Å². The summed E-state index contributed by atoms with van der Waals surface area (Å²) in [5.74, 6) is 1.72. The van der Waals surface area contributed by atoms with E-state index in [1.165, 1.54) is 5.56 Å². The molecule has 2 heterocycles. The Morgan fingerprint density at radius 1 is 1.25 bits per heavy atom.